The van der Waals surface area contributed by atoms with Gasteiger partial charge >= 0.3 is 0 Å². The van der Waals surface area contributed by atoms with Crippen molar-refractivity contribution in [3.63, 3.8) is 0 Å². The minimum atomic E-state index is 0.0651. The Morgan fingerprint density at radius 1 is 1.44 bits per heavy atom. The molecule has 1 aliphatic rings. The molecule has 0 amide bonds. The van der Waals surface area contributed by atoms with E-state index in [1.165, 1.54) is 6.42 Å². The quantitative estimate of drug-likeness (QED) is 0.858. The number of aliphatic hydroxyl groups is 1. The molecule has 1 fully saturated rings. The standard InChI is InChI=1S/C14H23N3O/c1-3-16(4-2)13-6-8-17(10-13)14-5-7-15-9-12(14)11-18/h5,7,9,13,18H,3-4,6,8,10-11H2,1-2H3. The van der Waals surface area contributed by atoms with Gasteiger partial charge < -0.3 is 10.0 Å². The third-order valence-electron chi connectivity index (χ3n) is 3.88. The molecular weight excluding hydrogens is 226 g/mol. The largest absolute Gasteiger partial charge is 0.392 e. The summed E-state index contributed by atoms with van der Waals surface area (Å²) >= 11 is 0. The number of likely N-dealkylation sites (N-methyl/N-ethyl adjacent to an activating group) is 1. The highest BCUT2D eigenvalue weighted by Crippen LogP contribution is 2.25. The van der Waals surface area contributed by atoms with Crippen molar-refractivity contribution in [2.75, 3.05) is 31.1 Å². The van der Waals surface area contributed by atoms with E-state index in [1.807, 2.05) is 6.07 Å². The summed E-state index contributed by atoms with van der Waals surface area (Å²) < 4.78 is 0. The molecule has 0 aromatic carbocycles. The van der Waals surface area contributed by atoms with Crippen molar-refractivity contribution in [1.82, 2.24) is 9.88 Å². The summed E-state index contributed by atoms with van der Waals surface area (Å²) in [6, 6.07) is 2.65. The van der Waals surface area contributed by atoms with Crippen molar-refractivity contribution in [1.29, 1.82) is 0 Å². The Hall–Kier alpha value is -1.13. The molecule has 2 heterocycles. The van der Waals surface area contributed by atoms with E-state index in [0.717, 1.165) is 37.4 Å². The smallest absolute Gasteiger partial charge is 0.0717 e. The molecule has 0 bridgehead atoms. The van der Waals surface area contributed by atoms with E-state index in [1.54, 1.807) is 12.4 Å². The van der Waals surface area contributed by atoms with Crippen LogP contribution < -0.4 is 4.90 Å². The molecule has 100 valence electrons. The van der Waals surface area contributed by atoms with Crippen LogP contribution in [-0.4, -0.2) is 47.2 Å². The maximum atomic E-state index is 9.37. The predicted octanol–water partition coefficient (Wildman–Crippen LogP) is 1.49. The topological polar surface area (TPSA) is 39.6 Å². The lowest BCUT2D eigenvalue weighted by atomic mass is 10.2. The van der Waals surface area contributed by atoms with Crippen LogP contribution in [0.15, 0.2) is 18.5 Å². The van der Waals surface area contributed by atoms with Gasteiger partial charge in [0.2, 0.25) is 0 Å². The summed E-state index contributed by atoms with van der Waals surface area (Å²) in [6.45, 7) is 8.85. The first-order valence-electron chi connectivity index (χ1n) is 6.82. The van der Waals surface area contributed by atoms with Gasteiger partial charge in [0.15, 0.2) is 0 Å². The highest BCUT2D eigenvalue weighted by atomic mass is 16.3. The number of pyridine rings is 1. The fourth-order valence-electron chi connectivity index (χ4n) is 2.85. The second kappa shape index (κ2) is 6.16. The Balaban J connectivity index is 2.08. The second-order valence-electron chi connectivity index (χ2n) is 4.77. The highest BCUT2D eigenvalue weighted by Gasteiger charge is 2.27. The van der Waals surface area contributed by atoms with Crippen molar-refractivity contribution >= 4 is 5.69 Å². The van der Waals surface area contributed by atoms with Crippen LogP contribution in [0.25, 0.3) is 0 Å². The maximum Gasteiger partial charge on any atom is 0.0717 e. The maximum absolute atomic E-state index is 9.37. The minimum absolute atomic E-state index is 0.0651. The van der Waals surface area contributed by atoms with Gasteiger partial charge in [-0.2, -0.15) is 0 Å². The average Bonchev–Trinajstić information content (AvgIpc) is 2.89. The number of nitrogens with zero attached hydrogens (tertiary/aromatic N) is 3. The van der Waals surface area contributed by atoms with E-state index in [9.17, 15) is 5.11 Å². The fourth-order valence-corrected chi connectivity index (χ4v) is 2.85. The average molecular weight is 249 g/mol. The van der Waals surface area contributed by atoms with Crippen LogP contribution >= 0.6 is 0 Å². The number of hydrogen-bond donors (Lipinski definition) is 1. The van der Waals surface area contributed by atoms with E-state index in [4.69, 9.17) is 0 Å². The van der Waals surface area contributed by atoms with Gasteiger partial charge in [-0.3, -0.25) is 9.88 Å². The summed E-state index contributed by atoms with van der Waals surface area (Å²) in [7, 11) is 0. The number of aliphatic hydroxyl groups excluding tert-OH is 1. The molecule has 0 radical (unpaired) electrons. The first-order chi connectivity index (χ1) is 8.80. The van der Waals surface area contributed by atoms with Crippen LogP contribution in [0.2, 0.25) is 0 Å². The summed E-state index contributed by atoms with van der Waals surface area (Å²) in [4.78, 5) is 8.96. The van der Waals surface area contributed by atoms with Gasteiger partial charge in [-0.05, 0) is 25.6 Å². The first-order valence-corrected chi connectivity index (χ1v) is 6.82. The monoisotopic (exact) mass is 249 g/mol. The van der Waals surface area contributed by atoms with Crippen LogP contribution in [-0.2, 0) is 6.61 Å². The second-order valence-corrected chi connectivity index (χ2v) is 4.77. The van der Waals surface area contributed by atoms with Gasteiger partial charge in [0.1, 0.15) is 0 Å². The molecular formula is C14H23N3O. The lowest BCUT2D eigenvalue weighted by Gasteiger charge is -2.27. The van der Waals surface area contributed by atoms with E-state index in [0.29, 0.717) is 6.04 Å². The normalized spacial score (nSPS) is 19.8. The summed E-state index contributed by atoms with van der Waals surface area (Å²) in [5.41, 5.74) is 2.07. The van der Waals surface area contributed by atoms with Gasteiger partial charge in [-0.15, -0.1) is 0 Å². The zero-order valence-corrected chi connectivity index (χ0v) is 11.3. The number of anilines is 1. The molecule has 18 heavy (non-hydrogen) atoms. The number of rotatable bonds is 5. The zero-order valence-electron chi connectivity index (χ0n) is 11.3. The highest BCUT2D eigenvalue weighted by molar-refractivity contribution is 5.53. The van der Waals surface area contributed by atoms with Crippen LogP contribution in [0.4, 0.5) is 5.69 Å². The molecule has 1 aromatic rings. The van der Waals surface area contributed by atoms with Gasteiger partial charge in [0.25, 0.3) is 0 Å². The first kappa shape index (κ1) is 13.3. The van der Waals surface area contributed by atoms with E-state index in [2.05, 4.69) is 28.6 Å². The third-order valence-corrected chi connectivity index (χ3v) is 3.88. The number of aromatic nitrogens is 1. The van der Waals surface area contributed by atoms with Crippen molar-refractivity contribution in [3.05, 3.63) is 24.0 Å². The van der Waals surface area contributed by atoms with E-state index < -0.39 is 0 Å². The van der Waals surface area contributed by atoms with Crippen molar-refractivity contribution < 1.29 is 5.11 Å². The molecule has 1 aromatic heterocycles. The zero-order chi connectivity index (χ0) is 13.0. The fraction of sp³-hybridized carbons (Fsp3) is 0.643. The molecule has 4 heteroatoms. The molecule has 1 saturated heterocycles. The van der Waals surface area contributed by atoms with Crippen LogP contribution in [0.5, 0.6) is 0 Å². The van der Waals surface area contributed by atoms with Crippen molar-refractivity contribution in [3.8, 4) is 0 Å². The predicted molar refractivity (Wildman–Crippen MR) is 73.7 cm³/mol. The molecule has 2 rings (SSSR count). The number of hydrogen-bond acceptors (Lipinski definition) is 4. The van der Waals surface area contributed by atoms with Gasteiger partial charge in [0, 0.05) is 42.8 Å². The Bertz CT molecular complexity index is 379. The van der Waals surface area contributed by atoms with E-state index in [-0.39, 0.29) is 6.61 Å². The molecule has 1 N–H and O–H groups in total. The summed E-state index contributed by atoms with van der Waals surface area (Å²) in [5.74, 6) is 0. The molecule has 1 aliphatic heterocycles. The summed E-state index contributed by atoms with van der Waals surface area (Å²) in [6.07, 6.45) is 4.77. The third kappa shape index (κ3) is 2.65. The molecule has 1 atom stereocenters. The van der Waals surface area contributed by atoms with E-state index >= 15 is 0 Å². The Labute approximate surface area is 109 Å². The molecule has 0 saturated carbocycles. The lowest BCUT2D eigenvalue weighted by Crippen LogP contribution is -2.37. The molecule has 4 nitrogen and oxygen atoms in total. The van der Waals surface area contributed by atoms with Crippen molar-refractivity contribution in [2.24, 2.45) is 0 Å². The lowest BCUT2D eigenvalue weighted by molar-refractivity contribution is 0.232. The molecule has 0 aliphatic carbocycles. The van der Waals surface area contributed by atoms with Crippen LogP contribution in [0, 0.1) is 0 Å². The van der Waals surface area contributed by atoms with Crippen molar-refractivity contribution in [2.45, 2.75) is 32.9 Å². The molecule has 0 spiro atoms. The Kier molecular flexibility index (Phi) is 4.55. The van der Waals surface area contributed by atoms with Gasteiger partial charge in [-0.25, -0.2) is 0 Å². The van der Waals surface area contributed by atoms with Gasteiger partial charge in [0.05, 0.1) is 6.61 Å². The van der Waals surface area contributed by atoms with Gasteiger partial charge in [-0.1, -0.05) is 13.8 Å². The molecule has 1 unspecified atom stereocenters. The Morgan fingerprint density at radius 2 is 2.22 bits per heavy atom. The van der Waals surface area contributed by atoms with Crippen LogP contribution in [0.1, 0.15) is 25.8 Å². The minimum Gasteiger partial charge on any atom is -0.392 e. The summed E-state index contributed by atoms with van der Waals surface area (Å²) in [5, 5.41) is 9.37. The SMILES string of the molecule is CCN(CC)C1CCN(c2ccncc2CO)C1. The Morgan fingerprint density at radius 3 is 2.89 bits per heavy atom. The van der Waals surface area contributed by atoms with Crippen LogP contribution in [0.3, 0.4) is 0 Å².